The van der Waals surface area contributed by atoms with E-state index in [9.17, 15) is 13.2 Å². The van der Waals surface area contributed by atoms with Crippen LogP contribution in [0.25, 0.3) is 10.9 Å². The van der Waals surface area contributed by atoms with Crippen LogP contribution in [0.3, 0.4) is 0 Å². The lowest BCUT2D eigenvalue weighted by atomic mass is 10.2. The maximum Gasteiger partial charge on any atom is 0.433 e. The molecule has 0 bridgehead atoms. The third kappa shape index (κ3) is 2.16. The van der Waals surface area contributed by atoms with Gasteiger partial charge < -0.3 is 0 Å². The van der Waals surface area contributed by atoms with Crippen molar-refractivity contribution >= 4 is 23.1 Å². The Kier molecular flexibility index (Phi) is 2.59. The zero-order valence-corrected chi connectivity index (χ0v) is 8.64. The number of rotatable bonds is 0. The predicted octanol–water partition coefficient (Wildman–Crippen LogP) is 3.38. The number of alkyl halides is 3. The fourth-order valence-electron chi connectivity index (χ4n) is 1.27. The van der Waals surface area contributed by atoms with Crippen molar-refractivity contribution in [3.8, 4) is 0 Å². The number of aromatic nitrogens is 2. The lowest BCUT2D eigenvalue weighted by Crippen LogP contribution is -2.06. The number of hydrogen-bond donors (Lipinski definition) is 0. The fraction of sp³-hybridized carbons (Fsp3) is 0.100. The molecule has 1 heterocycles. The van der Waals surface area contributed by atoms with Gasteiger partial charge in [-0.2, -0.15) is 13.2 Å². The first-order valence-electron chi connectivity index (χ1n) is 4.32. The number of hydrogen-bond acceptors (Lipinski definition) is 3. The molecule has 0 aliphatic heterocycles. The molecule has 0 unspecified atom stereocenters. The van der Waals surface area contributed by atoms with Crippen molar-refractivity contribution in [2.24, 2.45) is 0 Å². The molecular formula is C10H5F3N2S. The lowest BCUT2D eigenvalue weighted by Gasteiger charge is -2.01. The molecule has 6 heteroatoms. The van der Waals surface area contributed by atoms with Crippen LogP contribution in [0.1, 0.15) is 5.69 Å². The van der Waals surface area contributed by atoms with Crippen molar-refractivity contribution < 1.29 is 13.2 Å². The van der Waals surface area contributed by atoms with Crippen LogP contribution >= 0.6 is 12.2 Å². The zero-order chi connectivity index (χ0) is 11.8. The zero-order valence-electron chi connectivity index (χ0n) is 7.82. The highest BCUT2D eigenvalue weighted by atomic mass is 32.1. The highest BCUT2D eigenvalue weighted by Crippen LogP contribution is 2.28. The van der Waals surface area contributed by atoms with Gasteiger partial charge in [-0.3, -0.25) is 0 Å². The Labute approximate surface area is 93.8 Å². The first-order chi connectivity index (χ1) is 7.47. The molecule has 0 amide bonds. The minimum Gasteiger partial charge on any atom is -0.218 e. The van der Waals surface area contributed by atoms with Gasteiger partial charge in [0.1, 0.15) is 5.69 Å². The first kappa shape index (κ1) is 10.9. The smallest absolute Gasteiger partial charge is 0.218 e. The van der Waals surface area contributed by atoms with E-state index < -0.39 is 11.9 Å². The van der Waals surface area contributed by atoms with E-state index in [0.29, 0.717) is 10.9 Å². The average molecular weight is 242 g/mol. The molecule has 1 aromatic heterocycles. The summed E-state index contributed by atoms with van der Waals surface area (Å²) in [6, 6.07) is 7.38. The predicted molar refractivity (Wildman–Crippen MR) is 55.4 cm³/mol. The van der Waals surface area contributed by atoms with Gasteiger partial charge in [-0.05, 0) is 24.4 Å². The van der Waals surface area contributed by atoms with E-state index in [-0.39, 0.29) is 4.77 Å². The maximum absolute atomic E-state index is 12.5. The Hall–Kier alpha value is -1.56. The first-order valence-corrected chi connectivity index (χ1v) is 4.73. The van der Waals surface area contributed by atoms with E-state index in [1.54, 1.807) is 18.2 Å². The second-order valence-corrected chi connectivity index (χ2v) is 3.46. The summed E-state index contributed by atoms with van der Waals surface area (Å²) in [5.74, 6) is 0. The second kappa shape index (κ2) is 3.79. The molecule has 0 spiro atoms. The van der Waals surface area contributed by atoms with Crippen LogP contribution in [0.15, 0.2) is 30.3 Å². The molecule has 0 aliphatic carbocycles. The van der Waals surface area contributed by atoms with Gasteiger partial charge in [-0.25, -0.2) is 9.97 Å². The van der Waals surface area contributed by atoms with Crippen LogP contribution in [0.4, 0.5) is 13.2 Å². The summed E-state index contributed by atoms with van der Waals surface area (Å²) < 4.78 is 37.3. The average Bonchev–Trinajstić information content (AvgIpc) is 2.34. The fourth-order valence-corrected chi connectivity index (χ4v) is 1.46. The molecule has 82 valence electrons. The third-order valence-corrected chi connectivity index (χ3v) is 2.13. The molecule has 1 aromatic carbocycles. The van der Waals surface area contributed by atoms with E-state index >= 15 is 0 Å². The minimum absolute atomic E-state index is 0.312. The summed E-state index contributed by atoms with van der Waals surface area (Å²) in [5.41, 5.74) is -0.623. The molecule has 2 nitrogen and oxygen atoms in total. The van der Waals surface area contributed by atoms with Gasteiger partial charge in [0.2, 0.25) is 4.77 Å². The van der Waals surface area contributed by atoms with Gasteiger partial charge in [-0.1, -0.05) is 18.2 Å². The largest absolute Gasteiger partial charge is 0.433 e. The summed E-state index contributed by atoms with van der Waals surface area (Å²) in [6.07, 6.45) is -4.52. The summed E-state index contributed by atoms with van der Waals surface area (Å²) in [5, 5.41) is 0.360. The summed E-state index contributed by atoms with van der Waals surface area (Å²) in [6.45, 7) is 0. The molecule has 0 atom stereocenters. The summed E-state index contributed by atoms with van der Waals surface area (Å²) in [7, 11) is 0. The Morgan fingerprint density at radius 2 is 1.75 bits per heavy atom. The second-order valence-electron chi connectivity index (χ2n) is 3.09. The van der Waals surface area contributed by atoms with Gasteiger partial charge in [0.05, 0.1) is 5.52 Å². The van der Waals surface area contributed by atoms with E-state index in [4.69, 9.17) is 0 Å². The molecule has 0 saturated heterocycles. The van der Waals surface area contributed by atoms with Crippen LogP contribution in [-0.2, 0) is 6.18 Å². The van der Waals surface area contributed by atoms with E-state index in [2.05, 4.69) is 22.2 Å². The van der Waals surface area contributed by atoms with Crippen LogP contribution in [0.5, 0.6) is 0 Å². The number of benzene rings is 1. The number of nitrogens with zero attached hydrogens (tertiary/aromatic N) is 2. The SMILES string of the molecule is FC(F)(F)c1cc2ccccc2nc(=S)n1. The number of fused-ring (bicyclic) bond motifs is 1. The highest BCUT2D eigenvalue weighted by Gasteiger charge is 2.32. The minimum atomic E-state index is -4.52. The van der Waals surface area contributed by atoms with Crippen molar-refractivity contribution in [2.45, 2.75) is 6.18 Å². The Bertz CT molecular complexity index is 595. The van der Waals surface area contributed by atoms with Crippen LogP contribution in [0, 0.1) is 4.77 Å². The molecule has 0 radical (unpaired) electrons. The standard InChI is InChI=1S/C10H5F3N2S/c11-10(12,13)8-5-6-3-1-2-4-7(6)14-9(16)15-8/h1-5H. The van der Waals surface area contributed by atoms with Gasteiger partial charge in [0.25, 0.3) is 0 Å². The van der Waals surface area contributed by atoms with E-state index in [1.807, 2.05) is 0 Å². The molecule has 0 aliphatic rings. The maximum atomic E-state index is 12.5. The highest BCUT2D eigenvalue weighted by molar-refractivity contribution is 7.71. The van der Waals surface area contributed by atoms with E-state index in [0.717, 1.165) is 6.07 Å². The van der Waals surface area contributed by atoms with Crippen molar-refractivity contribution in [3.63, 3.8) is 0 Å². The van der Waals surface area contributed by atoms with Crippen LogP contribution in [0.2, 0.25) is 0 Å². The molecule has 16 heavy (non-hydrogen) atoms. The Morgan fingerprint density at radius 3 is 2.44 bits per heavy atom. The van der Waals surface area contributed by atoms with Crippen molar-refractivity contribution in [1.29, 1.82) is 0 Å². The number of halogens is 3. The van der Waals surface area contributed by atoms with Crippen molar-refractivity contribution in [3.05, 3.63) is 40.8 Å². The van der Waals surface area contributed by atoms with Gasteiger partial charge >= 0.3 is 6.18 Å². The molecule has 0 saturated carbocycles. The molecule has 0 N–H and O–H groups in total. The third-order valence-electron chi connectivity index (χ3n) is 1.95. The van der Waals surface area contributed by atoms with Gasteiger partial charge in [-0.15, -0.1) is 0 Å². The summed E-state index contributed by atoms with van der Waals surface area (Å²) in [4.78, 5) is 7.08. The normalized spacial score (nSPS) is 11.7. The van der Waals surface area contributed by atoms with Crippen molar-refractivity contribution in [1.82, 2.24) is 9.97 Å². The molecule has 2 rings (SSSR count). The lowest BCUT2D eigenvalue weighted by molar-refractivity contribution is -0.141. The Morgan fingerprint density at radius 1 is 1.06 bits per heavy atom. The van der Waals surface area contributed by atoms with Gasteiger partial charge in [0.15, 0.2) is 0 Å². The Balaban J connectivity index is 2.86. The van der Waals surface area contributed by atoms with E-state index in [1.165, 1.54) is 6.07 Å². The molecular weight excluding hydrogens is 237 g/mol. The van der Waals surface area contributed by atoms with Crippen molar-refractivity contribution in [2.75, 3.05) is 0 Å². The van der Waals surface area contributed by atoms with Crippen LogP contribution in [-0.4, -0.2) is 9.97 Å². The quantitative estimate of drug-likeness (QED) is 0.662. The molecule has 2 aromatic rings. The number of para-hydroxylation sites is 1. The topological polar surface area (TPSA) is 25.8 Å². The summed E-state index contributed by atoms with van der Waals surface area (Å²) >= 11 is 4.64. The molecule has 0 fully saturated rings. The van der Waals surface area contributed by atoms with Gasteiger partial charge in [0, 0.05) is 5.39 Å². The van der Waals surface area contributed by atoms with Crippen LogP contribution < -0.4 is 0 Å². The monoisotopic (exact) mass is 242 g/mol.